The van der Waals surface area contributed by atoms with Crippen molar-refractivity contribution in [3.8, 4) is 0 Å². The van der Waals surface area contributed by atoms with E-state index in [1.54, 1.807) is 0 Å². The lowest BCUT2D eigenvalue weighted by Crippen LogP contribution is -2.27. The first-order valence-electron chi connectivity index (χ1n) is 2.61. The molecule has 3 heteroatoms. The van der Waals surface area contributed by atoms with Crippen molar-refractivity contribution in [1.29, 1.82) is 0 Å². The quantitative estimate of drug-likeness (QED) is 0.312. The van der Waals surface area contributed by atoms with Crippen LogP contribution in [0.3, 0.4) is 0 Å². The highest BCUT2D eigenvalue weighted by atomic mass is 16.4. The standard InChI is InChI=1S/C5H12N2O/c1-4(2)5(6)3-7-8/h3-5,8H,6H2,1-2H3. The van der Waals surface area contributed by atoms with Gasteiger partial charge in [0.2, 0.25) is 0 Å². The number of nitrogens with zero attached hydrogens (tertiary/aromatic N) is 1. The summed E-state index contributed by atoms with van der Waals surface area (Å²) in [6, 6.07) is -0.125. The Hall–Kier alpha value is -0.570. The zero-order valence-electron chi connectivity index (χ0n) is 5.20. The first-order chi connectivity index (χ1) is 3.68. The van der Waals surface area contributed by atoms with E-state index >= 15 is 0 Å². The van der Waals surface area contributed by atoms with Crippen molar-refractivity contribution in [2.75, 3.05) is 0 Å². The van der Waals surface area contributed by atoms with Crippen LogP contribution in [0.15, 0.2) is 5.16 Å². The molecule has 0 aliphatic rings. The van der Waals surface area contributed by atoms with Gasteiger partial charge in [0.05, 0.1) is 6.21 Å². The van der Waals surface area contributed by atoms with Crippen molar-refractivity contribution >= 4 is 6.21 Å². The van der Waals surface area contributed by atoms with Crippen LogP contribution in [-0.2, 0) is 0 Å². The fourth-order valence-corrected chi connectivity index (χ4v) is 0.249. The minimum absolute atomic E-state index is 0.125. The van der Waals surface area contributed by atoms with E-state index in [0.29, 0.717) is 5.92 Å². The van der Waals surface area contributed by atoms with Gasteiger partial charge in [-0.25, -0.2) is 0 Å². The average Bonchev–Trinajstić information content (AvgIpc) is 1.67. The first-order valence-corrected chi connectivity index (χ1v) is 2.61. The highest BCUT2D eigenvalue weighted by Crippen LogP contribution is 1.93. The molecule has 0 bridgehead atoms. The summed E-state index contributed by atoms with van der Waals surface area (Å²) in [6.07, 6.45) is 1.32. The van der Waals surface area contributed by atoms with Crippen LogP contribution in [-0.4, -0.2) is 17.5 Å². The Kier molecular flexibility index (Phi) is 3.19. The molecule has 0 aromatic carbocycles. The van der Waals surface area contributed by atoms with Crippen LogP contribution >= 0.6 is 0 Å². The van der Waals surface area contributed by atoms with E-state index in [-0.39, 0.29) is 6.04 Å². The molecule has 0 aromatic rings. The summed E-state index contributed by atoms with van der Waals surface area (Å²) in [6.45, 7) is 3.93. The van der Waals surface area contributed by atoms with Gasteiger partial charge in [-0.2, -0.15) is 0 Å². The Bertz CT molecular complexity index is 80.5. The van der Waals surface area contributed by atoms with Crippen LogP contribution in [0.25, 0.3) is 0 Å². The van der Waals surface area contributed by atoms with Gasteiger partial charge in [-0.15, -0.1) is 5.16 Å². The minimum Gasteiger partial charge on any atom is -0.411 e. The maximum absolute atomic E-state index is 7.98. The van der Waals surface area contributed by atoms with Gasteiger partial charge in [-0.3, -0.25) is 0 Å². The maximum Gasteiger partial charge on any atom is 0.0605 e. The maximum atomic E-state index is 7.98. The van der Waals surface area contributed by atoms with E-state index in [1.807, 2.05) is 13.8 Å². The zero-order valence-corrected chi connectivity index (χ0v) is 5.20. The summed E-state index contributed by atoms with van der Waals surface area (Å²) in [5, 5.41) is 10.8. The number of oxime groups is 1. The zero-order chi connectivity index (χ0) is 6.57. The van der Waals surface area contributed by atoms with Gasteiger partial charge in [0.15, 0.2) is 0 Å². The van der Waals surface area contributed by atoms with Crippen molar-refractivity contribution in [3.05, 3.63) is 0 Å². The van der Waals surface area contributed by atoms with Crippen LogP contribution < -0.4 is 5.73 Å². The molecule has 0 saturated carbocycles. The molecule has 0 spiro atoms. The monoisotopic (exact) mass is 116 g/mol. The molecule has 3 nitrogen and oxygen atoms in total. The van der Waals surface area contributed by atoms with E-state index in [1.165, 1.54) is 6.21 Å². The molecule has 1 unspecified atom stereocenters. The highest BCUT2D eigenvalue weighted by Gasteiger charge is 2.01. The van der Waals surface area contributed by atoms with E-state index in [4.69, 9.17) is 10.9 Å². The van der Waals surface area contributed by atoms with Gasteiger partial charge in [-0.05, 0) is 5.92 Å². The number of nitrogens with two attached hydrogens (primary N) is 1. The third-order valence-electron chi connectivity index (χ3n) is 1.01. The summed E-state index contributed by atoms with van der Waals surface area (Å²) < 4.78 is 0. The highest BCUT2D eigenvalue weighted by molar-refractivity contribution is 5.63. The molecular weight excluding hydrogens is 104 g/mol. The van der Waals surface area contributed by atoms with Crippen molar-refractivity contribution in [1.82, 2.24) is 0 Å². The summed E-state index contributed by atoms with van der Waals surface area (Å²) in [5.41, 5.74) is 5.42. The van der Waals surface area contributed by atoms with Crippen LogP contribution in [0.5, 0.6) is 0 Å². The molecule has 0 amide bonds. The largest absolute Gasteiger partial charge is 0.411 e. The SMILES string of the molecule is CC(C)C(N)C=NO. The topological polar surface area (TPSA) is 58.6 Å². The van der Waals surface area contributed by atoms with Crippen molar-refractivity contribution in [3.63, 3.8) is 0 Å². The van der Waals surface area contributed by atoms with Gasteiger partial charge in [-0.1, -0.05) is 13.8 Å². The van der Waals surface area contributed by atoms with Gasteiger partial charge in [0.25, 0.3) is 0 Å². The van der Waals surface area contributed by atoms with Gasteiger partial charge in [0.1, 0.15) is 0 Å². The molecule has 0 rings (SSSR count). The molecule has 1 atom stereocenters. The second kappa shape index (κ2) is 3.43. The smallest absolute Gasteiger partial charge is 0.0605 e. The Balaban J connectivity index is 3.47. The van der Waals surface area contributed by atoms with E-state index in [0.717, 1.165) is 0 Å². The summed E-state index contributed by atoms with van der Waals surface area (Å²) >= 11 is 0. The minimum atomic E-state index is -0.125. The molecular formula is C5H12N2O. The van der Waals surface area contributed by atoms with E-state index < -0.39 is 0 Å². The van der Waals surface area contributed by atoms with Crippen LogP contribution in [0.4, 0.5) is 0 Å². The lowest BCUT2D eigenvalue weighted by Gasteiger charge is -2.06. The normalized spacial score (nSPS) is 15.5. The fraction of sp³-hybridized carbons (Fsp3) is 0.800. The predicted molar refractivity (Wildman–Crippen MR) is 33.1 cm³/mol. The lowest BCUT2D eigenvalue weighted by molar-refractivity contribution is 0.318. The average molecular weight is 116 g/mol. The molecule has 0 aromatic heterocycles. The molecule has 0 radical (unpaired) electrons. The van der Waals surface area contributed by atoms with Crippen LogP contribution in [0, 0.1) is 5.92 Å². The fourth-order valence-electron chi connectivity index (χ4n) is 0.249. The van der Waals surface area contributed by atoms with Crippen LogP contribution in [0.2, 0.25) is 0 Å². The number of hydrogen-bond acceptors (Lipinski definition) is 3. The van der Waals surface area contributed by atoms with Gasteiger partial charge >= 0.3 is 0 Å². The molecule has 0 heterocycles. The third kappa shape index (κ3) is 2.58. The second-order valence-corrected chi connectivity index (χ2v) is 2.09. The molecule has 0 aliphatic heterocycles. The van der Waals surface area contributed by atoms with Crippen molar-refractivity contribution in [2.24, 2.45) is 16.8 Å². The Morgan fingerprint density at radius 1 is 1.62 bits per heavy atom. The molecule has 3 N–H and O–H groups in total. The molecule has 8 heavy (non-hydrogen) atoms. The number of hydrogen-bond donors (Lipinski definition) is 2. The summed E-state index contributed by atoms with van der Waals surface area (Å²) in [4.78, 5) is 0. The molecule has 0 aliphatic carbocycles. The third-order valence-corrected chi connectivity index (χ3v) is 1.01. The predicted octanol–water partition coefficient (Wildman–Crippen LogP) is 0.430. The van der Waals surface area contributed by atoms with E-state index in [2.05, 4.69) is 5.16 Å². The molecule has 0 saturated heterocycles. The van der Waals surface area contributed by atoms with E-state index in [9.17, 15) is 0 Å². The number of rotatable bonds is 2. The summed E-state index contributed by atoms with van der Waals surface area (Å²) in [5.74, 6) is 0.339. The first kappa shape index (κ1) is 7.43. The Morgan fingerprint density at radius 3 is 2.25 bits per heavy atom. The van der Waals surface area contributed by atoms with Crippen LogP contribution in [0.1, 0.15) is 13.8 Å². The van der Waals surface area contributed by atoms with Gasteiger partial charge in [0, 0.05) is 6.04 Å². The van der Waals surface area contributed by atoms with Crippen molar-refractivity contribution < 1.29 is 5.21 Å². The van der Waals surface area contributed by atoms with Crippen molar-refractivity contribution in [2.45, 2.75) is 19.9 Å². The lowest BCUT2D eigenvalue weighted by atomic mass is 10.1. The second-order valence-electron chi connectivity index (χ2n) is 2.09. The Morgan fingerprint density at radius 2 is 2.12 bits per heavy atom. The molecule has 48 valence electrons. The van der Waals surface area contributed by atoms with Gasteiger partial charge < -0.3 is 10.9 Å². The Labute approximate surface area is 49.2 Å². The molecule has 0 fully saturated rings. The summed E-state index contributed by atoms with van der Waals surface area (Å²) in [7, 11) is 0.